The van der Waals surface area contributed by atoms with E-state index in [4.69, 9.17) is 5.11 Å². The zero-order valence-electron chi connectivity index (χ0n) is 7.38. The smallest absolute Gasteiger partial charge is 0.0684 e. The maximum absolute atomic E-state index is 8.96. The molecule has 1 aliphatic rings. The van der Waals surface area contributed by atoms with Crippen molar-refractivity contribution in [2.45, 2.75) is 32.3 Å². The number of benzene rings is 1. The van der Waals surface area contributed by atoms with Crippen LogP contribution in [0.25, 0.3) is 0 Å². The van der Waals surface area contributed by atoms with Gasteiger partial charge in [-0.1, -0.05) is 18.2 Å². The lowest BCUT2D eigenvalue weighted by atomic mass is 10.0. The van der Waals surface area contributed by atoms with Crippen molar-refractivity contribution in [3.8, 4) is 0 Å². The van der Waals surface area contributed by atoms with Gasteiger partial charge in [0.1, 0.15) is 0 Å². The summed E-state index contributed by atoms with van der Waals surface area (Å²) < 4.78 is 0. The van der Waals surface area contributed by atoms with E-state index in [1.165, 1.54) is 24.0 Å². The Kier molecular flexibility index (Phi) is 1.89. The summed E-state index contributed by atoms with van der Waals surface area (Å²) >= 11 is 0. The molecule has 0 heterocycles. The highest BCUT2D eigenvalue weighted by atomic mass is 16.3. The van der Waals surface area contributed by atoms with Crippen LogP contribution in [-0.4, -0.2) is 5.11 Å². The standard InChI is InChI=1S/C11H14O/c1-8-6-10(9-2-3-9)4-5-11(8)7-12/h4-6,9,12H,2-3,7H2,1H3. The molecule has 0 bridgehead atoms. The molecule has 0 spiro atoms. The zero-order chi connectivity index (χ0) is 8.55. The van der Waals surface area contributed by atoms with Gasteiger partial charge in [0, 0.05) is 0 Å². The fourth-order valence-corrected chi connectivity index (χ4v) is 1.57. The number of hydrogen-bond acceptors (Lipinski definition) is 1. The Labute approximate surface area is 73.0 Å². The molecule has 1 saturated carbocycles. The minimum absolute atomic E-state index is 0.163. The molecule has 0 unspecified atom stereocenters. The molecule has 1 aromatic carbocycles. The highest BCUT2D eigenvalue weighted by Crippen LogP contribution is 2.40. The minimum atomic E-state index is 0.163. The third-order valence-corrected chi connectivity index (χ3v) is 2.59. The molecule has 12 heavy (non-hydrogen) atoms. The second kappa shape index (κ2) is 2.91. The molecule has 0 amide bonds. The predicted molar refractivity (Wildman–Crippen MR) is 49.1 cm³/mol. The summed E-state index contributed by atoms with van der Waals surface area (Å²) in [6, 6.07) is 6.41. The maximum Gasteiger partial charge on any atom is 0.0684 e. The summed E-state index contributed by atoms with van der Waals surface area (Å²) in [5.74, 6) is 0.816. The molecule has 0 aliphatic heterocycles. The normalized spacial score (nSPS) is 16.5. The molecule has 1 N–H and O–H groups in total. The van der Waals surface area contributed by atoms with E-state index in [0.29, 0.717) is 0 Å². The summed E-state index contributed by atoms with van der Waals surface area (Å²) in [4.78, 5) is 0. The molecule has 1 aliphatic carbocycles. The Bertz CT molecular complexity index is 287. The van der Waals surface area contributed by atoms with E-state index in [0.717, 1.165) is 11.5 Å². The maximum atomic E-state index is 8.96. The number of hydrogen-bond donors (Lipinski definition) is 1. The molecule has 0 atom stereocenters. The number of aryl methyl sites for hydroxylation is 1. The molecule has 1 aromatic rings. The summed E-state index contributed by atoms with van der Waals surface area (Å²) in [5.41, 5.74) is 3.73. The molecule has 1 fully saturated rings. The molecule has 2 rings (SSSR count). The first kappa shape index (κ1) is 7.81. The van der Waals surface area contributed by atoms with Gasteiger partial charge in [0.2, 0.25) is 0 Å². The third kappa shape index (κ3) is 1.37. The lowest BCUT2D eigenvalue weighted by Crippen LogP contribution is -1.90. The largest absolute Gasteiger partial charge is 0.392 e. The summed E-state index contributed by atoms with van der Waals surface area (Å²) in [7, 11) is 0. The van der Waals surface area contributed by atoms with Gasteiger partial charge in [-0.3, -0.25) is 0 Å². The first-order valence-corrected chi connectivity index (χ1v) is 4.51. The first-order valence-electron chi connectivity index (χ1n) is 4.51. The second-order valence-electron chi connectivity index (χ2n) is 3.62. The van der Waals surface area contributed by atoms with E-state index < -0.39 is 0 Å². The fourth-order valence-electron chi connectivity index (χ4n) is 1.57. The molecular formula is C11H14O. The molecule has 64 valence electrons. The van der Waals surface area contributed by atoms with Gasteiger partial charge in [-0.15, -0.1) is 0 Å². The van der Waals surface area contributed by atoms with Crippen LogP contribution in [-0.2, 0) is 6.61 Å². The second-order valence-corrected chi connectivity index (χ2v) is 3.62. The number of rotatable bonds is 2. The van der Waals surface area contributed by atoms with Crippen LogP contribution in [0, 0.1) is 6.92 Å². The van der Waals surface area contributed by atoms with E-state index in [9.17, 15) is 0 Å². The average Bonchev–Trinajstić information content (AvgIpc) is 2.86. The molecule has 1 heteroatoms. The van der Waals surface area contributed by atoms with Crippen molar-refractivity contribution in [1.29, 1.82) is 0 Å². The highest BCUT2D eigenvalue weighted by Gasteiger charge is 2.23. The monoisotopic (exact) mass is 162 g/mol. The van der Waals surface area contributed by atoms with Gasteiger partial charge in [-0.25, -0.2) is 0 Å². The van der Waals surface area contributed by atoms with Crippen molar-refractivity contribution in [2.75, 3.05) is 0 Å². The van der Waals surface area contributed by atoms with Crippen LogP contribution in [0.1, 0.15) is 35.4 Å². The van der Waals surface area contributed by atoms with Crippen molar-refractivity contribution in [1.82, 2.24) is 0 Å². The van der Waals surface area contributed by atoms with Crippen LogP contribution >= 0.6 is 0 Å². The van der Waals surface area contributed by atoms with E-state index in [1.807, 2.05) is 6.07 Å². The van der Waals surface area contributed by atoms with Crippen LogP contribution in [0.2, 0.25) is 0 Å². The lowest BCUT2D eigenvalue weighted by molar-refractivity contribution is 0.281. The average molecular weight is 162 g/mol. The van der Waals surface area contributed by atoms with Gasteiger partial charge in [0.25, 0.3) is 0 Å². The van der Waals surface area contributed by atoms with Gasteiger partial charge in [-0.2, -0.15) is 0 Å². The Morgan fingerprint density at radius 1 is 1.42 bits per heavy atom. The van der Waals surface area contributed by atoms with E-state index >= 15 is 0 Å². The summed E-state index contributed by atoms with van der Waals surface area (Å²) in [6.45, 7) is 2.23. The molecule has 0 saturated heterocycles. The SMILES string of the molecule is Cc1cc(C2CC2)ccc1CO. The number of aliphatic hydroxyl groups is 1. The Balaban J connectivity index is 2.30. The van der Waals surface area contributed by atoms with Crippen molar-refractivity contribution in [3.63, 3.8) is 0 Å². The molecular weight excluding hydrogens is 148 g/mol. The van der Waals surface area contributed by atoms with E-state index in [1.54, 1.807) is 0 Å². The van der Waals surface area contributed by atoms with Gasteiger partial charge in [0.05, 0.1) is 6.61 Å². The molecule has 1 nitrogen and oxygen atoms in total. The van der Waals surface area contributed by atoms with Crippen LogP contribution in [0.3, 0.4) is 0 Å². The minimum Gasteiger partial charge on any atom is -0.392 e. The van der Waals surface area contributed by atoms with Gasteiger partial charge in [0.15, 0.2) is 0 Å². The predicted octanol–water partition coefficient (Wildman–Crippen LogP) is 2.36. The molecule has 0 radical (unpaired) electrons. The van der Waals surface area contributed by atoms with Crippen LogP contribution in [0.4, 0.5) is 0 Å². The Hall–Kier alpha value is -0.820. The Morgan fingerprint density at radius 2 is 2.17 bits per heavy atom. The molecule has 0 aromatic heterocycles. The Morgan fingerprint density at radius 3 is 2.67 bits per heavy atom. The first-order chi connectivity index (χ1) is 5.81. The lowest BCUT2D eigenvalue weighted by Gasteiger charge is -2.04. The fraction of sp³-hybridized carbons (Fsp3) is 0.455. The van der Waals surface area contributed by atoms with E-state index in [2.05, 4.69) is 19.1 Å². The third-order valence-electron chi connectivity index (χ3n) is 2.59. The van der Waals surface area contributed by atoms with Crippen molar-refractivity contribution in [3.05, 3.63) is 34.9 Å². The van der Waals surface area contributed by atoms with Crippen LogP contribution in [0.5, 0.6) is 0 Å². The van der Waals surface area contributed by atoms with Crippen LogP contribution < -0.4 is 0 Å². The van der Waals surface area contributed by atoms with Gasteiger partial charge in [-0.05, 0) is 42.4 Å². The van der Waals surface area contributed by atoms with Crippen molar-refractivity contribution in [2.24, 2.45) is 0 Å². The van der Waals surface area contributed by atoms with Gasteiger partial charge >= 0.3 is 0 Å². The topological polar surface area (TPSA) is 20.2 Å². The van der Waals surface area contributed by atoms with Crippen molar-refractivity contribution >= 4 is 0 Å². The van der Waals surface area contributed by atoms with Crippen LogP contribution in [0.15, 0.2) is 18.2 Å². The van der Waals surface area contributed by atoms with Gasteiger partial charge < -0.3 is 5.11 Å². The van der Waals surface area contributed by atoms with E-state index in [-0.39, 0.29) is 6.61 Å². The quantitative estimate of drug-likeness (QED) is 0.707. The van der Waals surface area contributed by atoms with Crippen molar-refractivity contribution < 1.29 is 5.11 Å². The zero-order valence-corrected chi connectivity index (χ0v) is 7.38. The summed E-state index contributed by atoms with van der Waals surface area (Å²) in [5, 5.41) is 8.96. The summed E-state index contributed by atoms with van der Waals surface area (Å²) in [6.07, 6.45) is 2.69. The number of aliphatic hydroxyl groups excluding tert-OH is 1. The highest BCUT2D eigenvalue weighted by molar-refractivity contribution is 5.34.